The Morgan fingerprint density at radius 3 is 2.82 bits per heavy atom. The molecule has 2 heterocycles. The van der Waals surface area contributed by atoms with Crippen LogP contribution in [0.3, 0.4) is 0 Å². The van der Waals surface area contributed by atoms with Gasteiger partial charge in [0.2, 0.25) is 0 Å². The predicted octanol–water partition coefficient (Wildman–Crippen LogP) is 2.56. The Morgan fingerprint density at radius 2 is 2.09 bits per heavy atom. The zero-order chi connectivity index (χ0) is 15.5. The fraction of sp³-hybridized carbons (Fsp3) is 0.412. The van der Waals surface area contributed by atoms with Gasteiger partial charge in [-0.3, -0.25) is 4.98 Å². The second kappa shape index (κ2) is 6.32. The minimum atomic E-state index is -0.294. The number of fused-ring (bicyclic) bond motifs is 1. The van der Waals surface area contributed by atoms with Crippen molar-refractivity contribution in [3.8, 4) is 0 Å². The van der Waals surface area contributed by atoms with Crippen LogP contribution in [0.15, 0.2) is 24.3 Å². The number of carbonyl (C=O) groups excluding carboxylic acids is 1. The summed E-state index contributed by atoms with van der Waals surface area (Å²) in [5, 5.41) is 0.841. The minimum Gasteiger partial charge on any atom is -0.462 e. The smallest absolute Gasteiger partial charge is 0.338 e. The summed E-state index contributed by atoms with van der Waals surface area (Å²) in [5.41, 5.74) is 3.31. The molecule has 2 aromatic rings. The molecule has 3 rings (SSSR count). The minimum absolute atomic E-state index is 0.294. The van der Waals surface area contributed by atoms with E-state index in [0.29, 0.717) is 12.2 Å². The first-order valence-electron chi connectivity index (χ1n) is 7.60. The molecular weight excluding hydrogens is 280 g/mol. The number of carbonyl (C=O) groups is 1. The monoisotopic (exact) mass is 300 g/mol. The van der Waals surface area contributed by atoms with E-state index < -0.39 is 0 Å². The van der Waals surface area contributed by atoms with Gasteiger partial charge in [-0.1, -0.05) is 0 Å². The lowest BCUT2D eigenvalue weighted by molar-refractivity contribution is 0.0528. The second-order valence-corrected chi connectivity index (χ2v) is 5.33. The molecule has 22 heavy (non-hydrogen) atoms. The molecule has 0 spiro atoms. The van der Waals surface area contributed by atoms with E-state index >= 15 is 0 Å². The molecule has 1 saturated heterocycles. The Kier molecular flexibility index (Phi) is 4.24. The summed E-state index contributed by atoms with van der Waals surface area (Å²) < 4.78 is 10.6. The summed E-state index contributed by atoms with van der Waals surface area (Å²) in [4.78, 5) is 19.0. The van der Waals surface area contributed by atoms with E-state index in [1.54, 1.807) is 6.07 Å². The number of aromatic nitrogens is 1. The Hall–Kier alpha value is -2.14. The molecule has 116 valence electrons. The molecule has 1 aliphatic rings. The third-order valence-corrected chi connectivity index (χ3v) is 3.79. The van der Waals surface area contributed by atoms with Crippen LogP contribution in [-0.2, 0) is 9.47 Å². The highest BCUT2D eigenvalue weighted by molar-refractivity contribution is 6.04. The molecule has 1 aromatic carbocycles. The molecule has 0 N–H and O–H groups in total. The summed E-state index contributed by atoms with van der Waals surface area (Å²) in [5.74, 6) is -0.294. The molecule has 1 aromatic heterocycles. The van der Waals surface area contributed by atoms with Crippen LogP contribution in [0.5, 0.6) is 0 Å². The molecule has 0 unspecified atom stereocenters. The lowest BCUT2D eigenvalue weighted by atomic mass is 10.1. The number of esters is 1. The fourth-order valence-corrected chi connectivity index (χ4v) is 2.74. The first kappa shape index (κ1) is 14.8. The third kappa shape index (κ3) is 2.90. The van der Waals surface area contributed by atoms with Crippen LogP contribution in [0.2, 0.25) is 0 Å². The number of anilines is 1. The average molecular weight is 300 g/mol. The van der Waals surface area contributed by atoms with Crippen molar-refractivity contribution in [1.29, 1.82) is 0 Å². The van der Waals surface area contributed by atoms with E-state index in [2.05, 4.69) is 16.0 Å². The fourth-order valence-electron chi connectivity index (χ4n) is 2.74. The average Bonchev–Trinajstić information content (AvgIpc) is 2.54. The normalized spacial score (nSPS) is 15.1. The van der Waals surface area contributed by atoms with E-state index in [1.165, 1.54) is 0 Å². The maximum absolute atomic E-state index is 12.2. The molecule has 0 radical (unpaired) electrons. The maximum atomic E-state index is 12.2. The van der Waals surface area contributed by atoms with Crippen LogP contribution in [0.4, 0.5) is 5.69 Å². The van der Waals surface area contributed by atoms with Crippen LogP contribution in [0, 0.1) is 6.92 Å². The highest BCUT2D eigenvalue weighted by Crippen LogP contribution is 2.26. The Bertz CT molecular complexity index is 694. The molecule has 0 bridgehead atoms. The topological polar surface area (TPSA) is 51.7 Å². The summed E-state index contributed by atoms with van der Waals surface area (Å²) in [6.45, 7) is 7.25. The number of hydrogen-bond donors (Lipinski definition) is 0. The zero-order valence-corrected chi connectivity index (χ0v) is 13.0. The SMILES string of the molecule is CCOC(=O)c1cc(C)nc2ccc(N3CCOCC3)cc12. The molecule has 1 aliphatic heterocycles. The Balaban J connectivity index is 2.06. The van der Waals surface area contributed by atoms with Crippen molar-refractivity contribution in [3.63, 3.8) is 0 Å². The van der Waals surface area contributed by atoms with Crippen molar-refractivity contribution in [1.82, 2.24) is 4.98 Å². The van der Waals surface area contributed by atoms with Gasteiger partial charge in [-0.15, -0.1) is 0 Å². The molecule has 5 heteroatoms. The quantitative estimate of drug-likeness (QED) is 0.815. The number of aryl methyl sites for hydroxylation is 1. The van der Waals surface area contributed by atoms with Crippen LogP contribution < -0.4 is 4.90 Å². The van der Waals surface area contributed by atoms with Gasteiger partial charge in [0.05, 0.1) is 30.9 Å². The summed E-state index contributed by atoms with van der Waals surface area (Å²) >= 11 is 0. The Morgan fingerprint density at radius 1 is 1.32 bits per heavy atom. The molecule has 0 atom stereocenters. The Labute approximate surface area is 129 Å². The number of ether oxygens (including phenoxy) is 2. The van der Waals surface area contributed by atoms with Gasteiger partial charge < -0.3 is 14.4 Å². The third-order valence-electron chi connectivity index (χ3n) is 3.79. The van der Waals surface area contributed by atoms with Crippen LogP contribution in [-0.4, -0.2) is 43.9 Å². The van der Waals surface area contributed by atoms with E-state index in [9.17, 15) is 4.79 Å². The zero-order valence-electron chi connectivity index (χ0n) is 13.0. The molecule has 0 aliphatic carbocycles. The van der Waals surface area contributed by atoms with Gasteiger partial charge >= 0.3 is 5.97 Å². The molecule has 1 fully saturated rings. The van der Waals surface area contributed by atoms with Gasteiger partial charge in [0.15, 0.2) is 0 Å². The van der Waals surface area contributed by atoms with Crippen LogP contribution in [0.25, 0.3) is 10.9 Å². The van der Waals surface area contributed by atoms with E-state index in [-0.39, 0.29) is 5.97 Å². The van der Waals surface area contributed by atoms with Crippen LogP contribution in [0.1, 0.15) is 23.0 Å². The largest absolute Gasteiger partial charge is 0.462 e. The number of rotatable bonds is 3. The number of pyridine rings is 1. The summed E-state index contributed by atoms with van der Waals surface area (Å²) in [7, 11) is 0. The van der Waals surface area contributed by atoms with Crippen molar-refractivity contribution in [3.05, 3.63) is 35.5 Å². The standard InChI is InChI=1S/C17H20N2O3/c1-3-22-17(20)15-10-12(2)18-16-5-4-13(11-14(15)16)19-6-8-21-9-7-19/h4-5,10-11H,3,6-9H2,1-2H3. The van der Waals surface area contributed by atoms with Crippen molar-refractivity contribution in [2.24, 2.45) is 0 Å². The second-order valence-electron chi connectivity index (χ2n) is 5.33. The number of nitrogens with zero attached hydrogens (tertiary/aromatic N) is 2. The summed E-state index contributed by atoms with van der Waals surface area (Å²) in [6.07, 6.45) is 0. The van der Waals surface area contributed by atoms with Crippen molar-refractivity contribution >= 4 is 22.6 Å². The van der Waals surface area contributed by atoms with Crippen molar-refractivity contribution in [2.45, 2.75) is 13.8 Å². The first-order valence-corrected chi connectivity index (χ1v) is 7.60. The number of hydrogen-bond acceptors (Lipinski definition) is 5. The van der Waals surface area contributed by atoms with Gasteiger partial charge in [-0.05, 0) is 38.1 Å². The van der Waals surface area contributed by atoms with Gasteiger partial charge in [0, 0.05) is 29.9 Å². The van der Waals surface area contributed by atoms with E-state index in [1.807, 2.05) is 26.0 Å². The van der Waals surface area contributed by atoms with Crippen LogP contribution >= 0.6 is 0 Å². The summed E-state index contributed by atoms with van der Waals surface area (Å²) in [6, 6.07) is 7.84. The predicted molar refractivity (Wildman–Crippen MR) is 85.5 cm³/mol. The molecular formula is C17H20N2O3. The van der Waals surface area contributed by atoms with Gasteiger partial charge in [0.1, 0.15) is 0 Å². The van der Waals surface area contributed by atoms with Crippen molar-refractivity contribution < 1.29 is 14.3 Å². The van der Waals surface area contributed by atoms with Crippen molar-refractivity contribution in [2.75, 3.05) is 37.8 Å². The highest BCUT2D eigenvalue weighted by Gasteiger charge is 2.16. The number of morpholine rings is 1. The number of benzene rings is 1. The van der Waals surface area contributed by atoms with E-state index in [0.717, 1.165) is 48.6 Å². The molecule has 0 saturated carbocycles. The van der Waals surface area contributed by atoms with Gasteiger partial charge in [-0.2, -0.15) is 0 Å². The first-order chi connectivity index (χ1) is 10.7. The maximum Gasteiger partial charge on any atom is 0.338 e. The van der Waals surface area contributed by atoms with Gasteiger partial charge in [-0.25, -0.2) is 4.79 Å². The lowest BCUT2D eigenvalue weighted by Gasteiger charge is -2.29. The van der Waals surface area contributed by atoms with Gasteiger partial charge in [0.25, 0.3) is 0 Å². The lowest BCUT2D eigenvalue weighted by Crippen LogP contribution is -2.36. The van der Waals surface area contributed by atoms with E-state index in [4.69, 9.17) is 9.47 Å². The highest BCUT2D eigenvalue weighted by atomic mass is 16.5. The molecule has 0 amide bonds. The molecule has 5 nitrogen and oxygen atoms in total.